The van der Waals surface area contributed by atoms with Crippen LogP contribution in [0.4, 0.5) is 5.00 Å². The summed E-state index contributed by atoms with van der Waals surface area (Å²) in [5, 5.41) is 4.57. The van der Waals surface area contributed by atoms with Gasteiger partial charge in [0.1, 0.15) is 9.83 Å². The number of rotatable bonds is 6. The number of ether oxygens (including phenoxy) is 1. The molecule has 3 aromatic heterocycles. The van der Waals surface area contributed by atoms with Crippen molar-refractivity contribution in [3.8, 4) is 0 Å². The van der Waals surface area contributed by atoms with Crippen LogP contribution in [0.3, 0.4) is 0 Å². The van der Waals surface area contributed by atoms with E-state index >= 15 is 0 Å². The van der Waals surface area contributed by atoms with Gasteiger partial charge in [0.2, 0.25) is 5.91 Å². The van der Waals surface area contributed by atoms with Crippen molar-refractivity contribution in [2.75, 3.05) is 17.7 Å². The highest BCUT2D eigenvalue weighted by Crippen LogP contribution is 2.39. The van der Waals surface area contributed by atoms with Crippen LogP contribution in [0.2, 0.25) is 0 Å². The van der Waals surface area contributed by atoms with E-state index in [1.54, 1.807) is 14.0 Å². The summed E-state index contributed by atoms with van der Waals surface area (Å²) in [6, 6.07) is 0. The molecule has 31 heavy (non-hydrogen) atoms. The molecule has 1 N–H and O–H groups in total. The van der Waals surface area contributed by atoms with Crippen molar-refractivity contribution < 1.29 is 14.3 Å². The van der Waals surface area contributed by atoms with Gasteiger partial charge in [-0.25, -0.2) is 9.78 Å². The third kappa shape index (κ3) is 4.04. The molecule has 0 saturated carbocycles. The minimum Gasteiger partial charge on any atom is -0.462 e. The molecule has 0 spiro atoms. The summed E-state index contributed by atoms with van der Waals surface area (Å²) in [4.78, 5) is 45.4. The second-order valence-corrected chi connectivity index (χ2v) is 10.6. The number of thiophene rings is 2. The van der Waals surface area contributed by atoms with Gasteiger partial charge in [0, 0.05) is 16.8 Å². The number of hydrogen-bond acceptors (Lipinski definition) is 8. The summed E-state index contributed by atoms with van der Waals surface area (Å²) in [7, 11) is 1.67. The van der Waals surface area contributed by atoms with Crippen LogP contribution in [-0.4, -0.2) is 33.8 Å². The maximum atomic E-state index is 12.7. The number of carbonyl (C=O) groups excluding carboxylic acids is 2. The van der Waals surface area contributed by atoms with Crippen LogP contribution in [0.5, 0.6) is 0 Å². The molecule has 164 valence electrons. The Balaban J connectivity index is 1.53. The van der Waals surface area contributed by atoms with Gasteiger partial charge < -0.3 is 10.1 Å². The number of carbonyl (C=O) groups is 2. The minimum atomic E-state index is -0.386. The first-order valence-electron chi connectivity index (χ1n) is 10.0. The first kappa shape index (κ1) is 22.0. The van der Waals surface area contributed by atoms with Crippen LogP contribution in [0, 0.1) is 13.8 Å². The van der Waals surface area contributed by atoms with Crippen molar-refractivity contribution in [3.63, 3.8) is 0 Å². The van der Waals surface area contributed by atoms with Gasteiger partial charge in [-0.05, 0) is 51.2 Å². The third-order valence-electron chi connectivity index (χ3n) is 5.36. The maximum Gasteiger partial charge on any atom is 0.341 e. The molecular formula is C21H23N3O4S3. The Kier molecular flexibility index (Phi) is 6.23. The second kappa shape index (κ2) is 8.76. The largest absolute Gasteiger partial charge is 0.462 e. The zero-order valence-electron chi connectivity index (χ0n) is 17.8. The molecule has 0 aromatic carbocycles. The Bertz CT molecular complexity index is 1260. The van der Waals surface area contributed by atoms with Crippen LogP contribution in [0.25, 0.3) is 10.2 Å². The Labute approximate surface area is 191 Å². The van der Waals surface area contributed by atoms with Gasteiger partial charge in [-0.1, -0.05) is 11.8 Å². The second-order valence-electron chi connectivity index (χ2n) is 7.34. The van der Waals surface area contributed by atoms with Crippen molar-refractivity contribution in [2.24, 2.45) is 7.05 Å². The van der Waals surface area contributed by atoms with Crippen LogP contribution in [-0.2, 0) is 29.4 Å². The molecule has 10 heteroatoms. The number of amides is 1. The number of fused-ring (bicyclic) bond motifs is 2. The first-order chi connectivity index (χ1) is 14.8. The summed E-state index contributed by atoms with van der Waals surface area (Å²) < 4.78 is 6.70. The van der Waals surface area contributed by atoms with E-state index in [-0.39, 0.29) is 29.8 Å². The molecule has 1 aliphatic carbocycles. The van der Waals surface area contributed by atoms with Crippen molar-refractivity contribution in [2.45, 2.75) is 45.2 Å². The summed E-state index contributed by atoms with van der Waals surface area (Å²) in [6.45, 7) is 5.96. The molecule has 0 atom stereocenters. The Morgan fingerprint density at radius 2 is 2.03 bits per heavy atom. The first-order valence-corrected chi connectivity index (χ1v) is 12.6. The van der Waals surface area contributed by atoms with E-state index in [9.17, 15) is 14.4 Å². The molecular weight excluding hydrogens is 454 g/mol. The average molecular weight is 478 g/mol. The highest BCUT2D eigenvalue weighted by atomic mass is 32.2. The summed E-state index contributed by atoms with van der Waals surface area (Å²) in [6.07, 6.45) is 2.76. The Morgan fingerprint density at radius 1 is 1.26 bits per heavy atom. The van der Waals surface area contributed by atoms with E-state index in [1.807, 2.05) is 13.8 Å². The maximum absolute atomic E-state index is 12.7. The molecule has 3 heterocycles. The van der Waals surface area contributed by atoms with Crippen molar-refractivity contribution in [3.05, 3.63) is 36.8 Å². The van der Waals surface area contributed by atoms with Crippen LogP contribution < -0.4 is 10.9 Å². The van der Waals surface area contributed by atoms with E-state index in [1.165, 1.54) is 39.0 Å². The number of thioether (sulfide) groups is 1. The van der Waals surface area contributed by atoms with Gasteiger partial charge in [0.05, 0.1) is 23.3 Å². The van der Waals surface area contributed by atoms with Gasteiger partial charge in [-0.3, -0.25) is 14.2 Å². The number of nitrogens with zero attached hydrogens (tertiary/aromatic N) is 2. The quantitative estimate of drug-likeness (QED) is 0.327. The molecule has 0 saturated heterocycles. The monoisotopic (exact) mass is 477 g/mol. The molecule has 0 aliphatic heterocycles. The molecule has 0 unspecified atom stereocenters. The number of hydrogen-bond donors (Lipinski definition) is 1. The molecule has 7 nitrogen and oxygen atoms in total. The van der Waals surface area contributed by atoms with E-state index in [0.29, 0.717) is 25.9 Å². The van der Waals surface area contributed by atoms with Crippen molar-refractivity contribution in [1.82, 2.24) is 9.55 Å². The molecule has 0 bridgehead atoms. The fourth-order valence-corrected chi connectivity index (χ4v) is 6.83. The lowest BCUT2D eigenvalue weighted by atomic mass is 10.1. The van der Waals surface area contributed by atoms with Gasteiger partial charge in [-0.2, -0.15) is 0 Å². The average Bonchev–Trinajstić information content (AvgIpc) is 3.37. The Morgan fingerprint density at radius 3 is 2.77 bits per heavy atom. The molecule has 1 amide bonds. The summed E-state index contributed by atoms with van der Waals surface area (Å²) in [5.41, 5.74) is 2.35. The zero-order valence-corrected chi connectivity index (χ0v) is 20.2. The highest BCUT2D eigenvalue weighted by Gasteiger charge is 2.28. The lowest BCUT2D eigenvalue weighted by molar-refractivity contribution is -0.113. The van der Waals surface area contributed by atoms with Crippen molar-refractivity contribution in [1.29, 1.82) is 0 Å². The Hall–Kier alpha value is -2.17. The lowest BCUT2D eigenvalue weighted by Crippen LogP contribution is -2.21. The van der Waals surface area contributed by atoms with Crippen LogP contribution in [0.1, 0.15) is 44.6 Å². The third-order valence-corrected chi connectivity index (χ3v) is 8.69. The van der Waals surface area contributed by atoms with Gasteiger partial charge in [0.25, 0.3) is 5.56 Å². The molecule has 4 rings (SSSR count). The fraction of sp³-hybridized carbons (Fsp3) is 0.429. The summed E-state index contributed by atoms with van der Waals surface area (Å²) >= 11 is 4.15. The number of nitrogens with one attached hydrogen (secondary N) is 1. The van der Waals surface area contributed by atoms with Gasteiger partial charge in [-0.15, -0.1) is 22.7 Å². The lowest BCUT2D eigenvalue weighted by Gasteiger charge is -2.09. The number of esters is 1. The molecule has 0 radical (unpaired) electrons. The van der Waals surface area contributed by atoms with E-state index in [0.717, 1.165) is 40.1 Å². The number of anilines is 1. The molecule has 0 fully saturated rings. The zero-order chi connectivity index (χ0) is 22.3. The predicted molar refractivity (Wildman–Crippen MR) is 126 cm³/mol. The standard InChI is InChI=1S/C21H23N3O4S3/c1-5-28-20(27)16-12-7-6-8-13(12)31-18(16)22-14(25)9-29-21-23-17-15(19(26)24(21)4)10(2)11(3)30-17/h5-9H2,1-4H3,(H,22,25). The van der Waals surface area contributed by atoms with Crippen LogP contribution >= 0.6 is 34.4 Å². The highest BCUT2D eigenvalue weighted by molar-refractivity contribution is 7.99. The van der Waals surface area contributed by atoms with Gasteiger partial charge >= 0.3 is 5.97 Å². The smallest absolute Gasteiger partial charge is 0.341 e. The van der Waals surface area contributed by atoms with Crippen LogP contribution in [0.15, 0.2) is 9.95 Å². The molecule has 1 aliphatic rings. The van der Waals surface area contributed by atoms with E-state index < -0.39 is 0 Å². The van der Waals surface area contributed by atoms with E-state index in [2.05, 4.69) is 10.3 Å². The fourth-order valence-electron chi connectivity index (χ4n) is 3.69. The van der Waals surface area contributed by atoms with Crippen molar-refractivity contribution >= 4 is 61.5 Å². The SMILES string of the molecule is CCOC(=O)c1c(NC(=O)CSc2nc3sc(C)c(C)c3c(=O)n2C)sc2c1CCC2. The normalized spacial score (nSPS) is 12.9. The predicted octanol–water partition coefficient (Wildman–Crippen LogP) is 4.07. The minimum absolute atomic E-state index is 0.0833. The topological polar surface area (TPSA) is 90.3 Å². The summed E-state index contributed by atoms with van der Waals surface area (Å²) in [5.74, 6) is -0.550. The molecule has 3 aromatic rings. The number of aromatic nitrogens is 2. The van der Waals surface area contributed by atoms with Gasteiger partial charge in [0.15, 0.2) is 5.16 Å². The number of aryl methyl sites for hydroxylation is 3. The van der Waals surface area contributed by atoms with E-state index in [4.69, 9.17) is 4.74 Å².